The lowest BCUT2D eigenvalue weighted by atomic mass is 9.95. The summed E-state index contributed by atoms with van der Waals surface area (Å²) < 4.78 is 11.6. The molecule has 0 aliphatic carbocycles. The third kappa shape index (κ3) is 6.66. The van der Waals surface area contributed by atoms with Crippen LogP contribution in [0.1, 0.15) is 50.8 Å². The molecule has 2 aromatic rings. The summed E-state index contributed by atoms with van der Waals surface area (Å²) in [6, 6.07) is 13.7. The van der Waals surface area contributed by atoms with Crippen LogP contribution in [0.15, 0.2) is 54.1 Å². The van der Waals surface area contributed by atoms with Crippen molar-refractivity contribution in [1.82, 2.24) is 9.80 Å². The summed E-state index contributed by atoms with van der Waals surface area (Å²) in [4.78, 5) is 30.1. The molecule has 2 aromatic carbocycles. The molecule has 0 saturated carbocycles. The second-order valence-corrected chi connectivity index (χ2v) is 9.80. The quantitative estimate of drug-likeness (QED) is 0.257. The van der Waals surface area contributed by atoms with Gasteiger partial charge in [0.05, 0.1) is 24.8 Å². The molecule has 0 bridgehead atoms. The number of carbonyl (C=O) groups excluding carboxylic acids is 2. The van der Waals surface area contributed by atoms with E-state index in [0.717, 1.165) is 18.5 Å². The summed E-state index contributed by atoms with van der Waals surface area (Å²) >= 11 is 0. The van der Waals surface area contributed by atoms with Crippen LogP contribution < -0.4 is 9.47 Å². The van der Waals surface area contributed by atoms with Gasteiger partial charge in [0.2, 0.25) is 0 Å². The van der Waals surface area contributed by atoms with Gasteiger partial charge in [0.15, 0.2) is 0 Å². The second kappa shape index (κ2) is 12.6. The number of Topliss-reactive ketones (excluding diaryl/α,β-unsaturated/α-hetero) is 1. The lowest BCUT2D eigenvalue weighted by Crippen LogP contribution is -2.32. The van der Waals surface area contributed by atoms with Crippen molar-refractivity contribution in [3.05, 3.63) is 65.2 Å². The molecule has 194 valence electrons. The van der Waals surface area contributed by atoms with Crippen molar-refractivity contribution in [3.63, 3.8) is 0 Å². The fourth-order valence-electron chi connectivity index (χ4n) is 4.16. The van der Waals surface area contributed by atoms with E-state index in [2.05, 4.69) is 13.8 Å². The predicted molar refractivity (Wildman–Crippen MR) is 141 cm³/mol. The van der Waals surface area contributed by atoms with Crippen LogP contribution in [-0.4, -0.2) is 67.0 Å². The van der Waals surface area contributed by atoms with Crippen LogP contribution in [0.4, 0.5) is 0 Å². The standard InChI is InChI=1S/C29H38N2O5/c1-6-16-35-23-12-8-11-22(18-23)27(32)25-26(21-10-7-13-24(17-21)36-19-20(2)3)31(29(34)28(25)33)15-9-14-30(4)5/h7-8,10-13,17-18,20,26,32H,6,9,14-16,19H2,1-5H3/b27-25-. The molecule has 7 nitrogen and oxygen atoms in total. The highest BCUT2D eigenvalue weighted by Gasteiger charge is 2.45. The number of nitrogens with zero attached hydrogens (tertiary/aromatic N) is 2. The van der Waals surface area contributed by atoms with Crippen molar-refractivity contribution in [1.29, 1.82) is 0 Å². The minimum atomic E-state index is -0.713. The smallest absolute Gasteiger partial charge is 0.295 e. The van der Waals surface area contributed by atoms with E-state index in [1.165, 1.54) is 0 Å². The van der Waals surface area contributed by atoms with Crippen LogP contribution in [0, 0.1) is 5.92 Å². The number of amides is 1. The Morgan fingerprint density at radius 1 is 1.06 bits per heavy atom. The molecular formula is C29H38N2O5. The van der Waals surface area contributed by atoms with Crippen LogP contribution in [-0.2, 0) is 9.59 Å². The second-order valence-electron chi connectivity index (χ2n) is 9.80. The number of aliphatic hydroxyl groups is 1. The molecule has 1 aliphatic heterocycles. The Balaban J connectivity index is 2.06. The average Bonchev–Trinajstić information content (AvgIpc) is 3.11. The van der Waals surface area contributed by atoms with Gasteiger partial charge in [-0.3, -0.25) is 9.59 Å². The van der Waals surface area contributed by atoms with Gasteiger partial charge in [0.1, 0.15) is 17.3 Å². The van der Waals surface area contributed by atoms with Gasteiger partial charge >= 0.3 is 0 Å². The van der Waals surface area contributed by atoms with E-state index in [1.54, 1.807) is 29.2 Å². The van der Waals surface area contributed by atoms with Gasteiger partial charge < -0.3 is 24.4 Å². The molecule has 1 fully saturated rings. The molecule has 1 heterocycles. The molecule has 36 heavy (non-hydrogen) atoms. The number of benzene rings is 2. The van der Waals surface area contributed by atoms with Crippen molar-refractivity contribution < 1.29 is 24.2 Å². The van der Waals surface area contributed by atoms with E-state index in [9.17, 15) is 14.7 Å². The van der Waals surface area contributed by atoms with Crippen LogP contribution in [0.5, 0.6) is 11.5 Å². The van der Waals surface area contributed by atoms with Gasteiger partial charge in [-0.25, -0.2) is 0 Å². The fourth-order valence-corrected chi connectivity index (χ4v) is 4.16. The topological polar surface area (TPSA) is 79.3 Å². The maximum Gasteiger partial charge on any atom is 0.295 e. The molecule has 3 rings (SSSR count). The number of carbonyl (C=O) groups is 2. The van der Waals surface area contributed by atoms with Crippen molar-refractivity contribution in [3.8, 4) is 11.5 Å². The van der Waals surface area contributed by atoms with Crippen LogP contribution in [0.25, 0.3) is 5.76 Å². The summed E-state index contributed by atoms with van der Waals surface area (Å²) in [5, 5.41) is 11.4. The Kier molecular flexibility index (Phi) is 9.53. The minimum absolute atomic E-state index is 0.0819. The number of hydrogen-bond donors (Lipinski definition) is 1. The van der Waals surface area contributed by atoms with E-state index in [-0.39, 0.29) is 11.3 Å². The zero-order valence-corrected chi connectivity index (χ0v) is 22.0. The number of likely N-dealkylation sites (tertiary alicyclic amines) is 1. The summed E-state index contributed by atoms with van der Waals surface area (Å²) in [5.74, 6) is 0.121. The van der Waals surface area contributed by atoms with Crippen LogP contribution in [0.3, 0.4) is 0 Å². The average molecular weight is 495 g/mol. The number of rotatable bonds is 12. The fraction of sp³-hybridized carbons (Fsp3) is 0.448. The van der Waals surface area contributed by atoms with E-state index >= 15 is 0 Å². The van der Waals surface area contributed by atoms with E-state index < -0.39 is 17.7 Å². The Morgan fingerprint density at radius 3 is 2.42 bits per heavy atom. The molecule has 1 amide bonds. The number of aliphatic hydroxyl groups excluding tert-OH is 1. The highest BCUT2D eigenvalue weighted by molar-refractivity contribution is 6.46. The first-order chi connectivity index (χ1) is 17.2. The first kappa shape index (κ1) is 27.3. The lowest BCUT2D eigenvalue weighted by Gasteiger charge is -2.26. The van der Waals surface area contributed by atoms with Crippen LogP contribution in [0.2, 0.25) is 0 Å². The molecule has 1 aliphatic rings. The zero-order chi connectivity index (χ0) is 26.2. The van der Waals surface area contributed by atoms with Gasteiger partial charge in [-0.05, 0) is 69.2 Å². The monoisotopic (exact) mass is 494 g/mol. The Bertz CT molecular complexity index is 1090. The summed E-state index contributed by atoms with van der Waals surface area (Å²) in [6.07, 6.45) is 1.55. The van der Waals surface area contributed by atoms with Gasteiger partial charge in [-0.1, -0.05) is 45.0 Å². The predicted octanol–water partition coefficient (Wildman–Crippen LogP) is 4.88. The highest BCUT2D eigenvalue weighted by Crippen LogP contribution is 2.40. The van der Waals surface area contributed by atoms with E-state index in [4.69, 9.17) is 9.47 Å². The molecule has 0 spiro atoms. The van der Waals surface area contributed by atoms with E-state index in [1.807, 2.05) is 50.2 Å². The number of hydrogen-bond acceptors (Lipinski definition) is 6. The van der Waals surface area contributed by atoms with Crippen molar-refractivity contribution in [2.75, 3.05) is 40.4 Å². The molecule has 1 saturated heterocycles. The molecule has 1 atom stereocenters. The third-order valence-electron chi connectivity index (χ3n) is 5.88. The third-order valence-corrected chi connectivity index (χ3v) is 5.88. The maximum absolute atomic E-state index is 13.3. The van der Waals surface area contributed by atoms with Gasteiger partial charge in [0, 0.05) is 12.1 Å². The van der Waals surface area contributed by atoms with Crippen LogP contribution >= 0.6 is 0 Å². The molecule has 1 unspecified atom stereocenters. The first-order valence-electron chi connectivity index (χ1n) is 12.6. The van der Waals surface area contributed by atoms with E-state index in [0.29, 0.717) is 49.2 Å². The molecule has 0 aromatic heterocycles. The Labute approximate surface area is 214 Å². The van der Waals surface area contributed by atoms with Crippen molar-refractivity contribution in [2.24, 2.45) is 5.92 Å². The van der Waals surface area contributed by atoms with Gasteiger partial charge in [-0.2, -0.15) is 0 Å². The Hall–Kier alpha value is -3.32. The van der Waals surface area contributed by atoms with Gasteiger partial charge in [-0.15, -0.1) is 0 Å². The SMILES string of the molecule is CCCOc1cccc(/C(O)=C2/C(=O)C(=O)N(CCCN(C)C)C2c2cccc(OCC(C)C)c2)c1. The Morgan fingerprint density at radius 2 is 1.75 bits per heavy atom. The van der Waals surface area contributed by atoms with Gasteiger partial charge in [0.25, 0.3) is 11.7 Å². The van der Waals surface area contributed by atoms with Crippen molar-refractivity contribution >= 4 is 17.4 Å². The summed E-state index contributed by atoms with van der Waals surface area (Å²) in [7, 11) is 3.93. The molecule has 1 N–H and O–H groups in total. The molecule has 0 radical (unpaired) electrons. The molecule has 7 heteroatoms. The summed E-state index contributed by atoms with van der Waals surface area (Å²) in [6.45, 7) is 8.41. The highest BCUT2D eigenvalue weighted by atomic mass is 16.5. The molecular weight excluding hydrogens is 456 g/mol. The number of ketones is 1. The number of ether oxygens (including phenoxy) is 2. The van der Waals surface area contributed by atoms with Crippen molar-refractivity contribution in [2.45, 2.75) is 39.7 Å². The minimum Gasteiger partial charge on any atom is -0.507 e. The zero-order valence-electron chi connectivity index (χ0n) is 22.0. The largest absolute Gasteiger partial charge is 0.507 e. The normalized spacial score (nSPS) is 17.3. The lowest BCUT2D eigenvalue weighted by molar-refractivity contribution is -0.139. The summed E-state index contributed by atoms with van der Waals surface area (Å²) in [5.41, 5.74) is 1.24. The maximum atomic E-state index is 13.3. The first-order valence-corrected chi connectivity index (χ1v) is 12.6.